The van der Waals surface area contributed by atoms with Gasteiger partial charge >= 0.3 is 0 Å². The third kappa shape index (κ3) is 2.61. The number of hydrogen-bond acceptors (Lipinski definition) is 2. The molecule has 0 aromatic heterocycles. The van der Waals surface area contributed by atoms with Crippen molar-refractivity contribution < 1.29 is 28.4 Å². The summed E-state index contributed by atoms with van der Waals surface area (Å²) in [7, 11) is 0. The number of unbranched alkanes of at least 4 members (excludes halogenated alkanes) is 2. The van der Waals surface area contributed by atoms with Crippen LogP contribution in [-0.2, 0) is 20.4 Å². The largest absolute Gasteiger partial charge is 0.858 e. The summed E-state index contributed by atoms with van der Waals surface area (Å²) >= 11 is 0. The van der Waals surface area contributed by atoms with Crippen molar-refractivity contribution in [2.45, 2.75) is 26.2 Å². The second-order valence-electron chi connectivity index (χ2n) is 3.59. The molecule has 0 aliphatic carbocycles. The van der Waals surface area contributed by atoms with Crippen LogP contribution in [0.15, 0.2) is 29.3 Å². The van der Waals surface area contributed by atoms with E-state index in [9.17, 15) is 5.11 Å². The second-order valence-corrected chi connectivity index (χ2v) is 3.59. The standard InChI is InChI=1S/C13H14NO.Pd.2H2/c1-2-3-4-8-11-10-7-5-6-9-12(10)14-13(11)15;;;/h5-7,9H,2-4H2,1H3,(H,14,15);;2*1H/p-1. The molecule has 3 heteroatoms. The fraction of sp³-hybridized carbons (Fsp3) is 0.308. The Morgan fingerprint density at radius 1 is 1.38 bits per heavy atom. The van der Waals surface area contributed by atoms with Crippen LogP contribution in [0.5, 0.6) is 0 Å². The first-order valence-electron chi connectivity index (χ1n) is 5.29. The molecule has 91 valence electrons. The van der Waals surface area contributed by atoms with Gasteiger partial charge in [0, 0.05) is 28.8 Å². The van der Waals surface area contributed by atoms with Crippen molar-refractivity contribution in [3.63, 3.8) is 0 Å². The number of hydrogen-bond donors (Lipinski definition) is 0. The van der Waals surface area contributed by atoms with E-state index in [-0.39, 0.29) is 29.2 Å². The van der Waals surface area contributed by atoms with E-state index in [2.05, 4.69) is 18.0 Å². The minimum atomic E-state index is -0.146. The van der Waals surface area contributed by atoms with E-state index < -0.39 is 0 Å². The summed E-state index contributed by atoms with van der Waals surface area (Å²) in [6.45, 7) is 2.13. The van der Waals surface area contributed by atoms with Gasteiger partial charge in [-0.25, -0.2) is 0 Å². The molecule has 0 saturated carbocycles. The number of fused-ring (bicyclic) bond motifs is 1. The predicted molar refractivity (Wildman–Crippen MR) is 63.9 cm³/mol. The fourth-order valence-electron chi connectivity index (χ4n) is 1.62. The second kappa shape index (κ2) is 5.98. The van der Waals surface area contributed by atoms with E-state index in [0.29, 0.717) is 5.57 Å². The summed E-state index contributed by atoms with van der Waals surface area (Å²) in [5.74, 6) is -0.146. The Morgan fingerprint density at radius 3 is 2.88 bits per heavy atom. The van der Waals surface area contributed by atoms with Gasteiger partial charge in [-0.1, -0.05) is 31.5 Å². The Kier molecular flexibility index (Phi) is 4.92. The van der Waals surface area contributed by atoms with Crippen molar-refractivity contribution in [3.8, 4) is 0 Å². The molecule has 0 amide bonds. The molecular weight excluding hydrogens is 293 g/mol. The molecule has 1 aliphatic heterocycles. The van der Waals surface area contributed by atoms with E-state index in [1.54, 1.807) is 0 Å². The topological polar surface area (TPSA) is 35.4 Å². The molecule has 0 saturated heterocycles. The summed E-state index contributed by atoms with van der Waals surface area (Å²) in [6, 6.07) is 7.61. The van der Waals surface area contributed by atoms with Gasteiger partial charge in [-0.3, -0.25) is 4.99 Å². The van der Waals surface area contributed by atoms with Gasteiger partial charge in [0.1, 0.15) is 0 Å². The summed E-state index contributed by atoms with van der Waals surface area (Å²) in [4.78, 5) is 3.97. The molecule has 2 rings (SSSR count). The van der Waals surface area contributed by atoms with Gasteiger partial charge in [-0.15, -0.1) is 0 Å². The zero-order valence-corrected chi connectivity index (χ0v) is 10.7. The van der Waals surface area contributed by atoms with Gasteiger partial charge in [0.25, 0.3) is 0 Å². The summed E-state index contributed by atoms with van der Waals surface area (Å²) in [6.07, 6.45) is 6.18. The van der Waals surface area contributed by atoms with Crippen molar-refractivity contribution in [1.82, 2.24) is 0 Å². The molecule has 16 heavy (non-hydrogen) atoms. The molecule has 2 nitrogen and oxygen atoms in total. The van der Waals surface area contributed by atoms with Crippen molar-refractivity contribution >= 4 is 17.2 Å². The maximum absolute atomic E-state index is 11.6. The zero-order valence-electron chi connectivity index (χ0n) is 9.10. The van der Waals surface area contributed by atoms with Crippen molar-refractivity contribution in [1.29, 1.82) is 0 Å². The molecule has 1 aliphatic rings. The van der Waals surface area contributed by atoms with Gasteiger partial charge in [-0.2, -0.15) is 0 Å². The summed E-state index contributed by atoms with van der Waals surface area (Å²) in [5, 5.41) is 11.6. The van der Waals surface area contributed by atoms with Crippen LogP contribution >= 0.6 is 0 Å². The van der Waals surface area contributed by atoms with Crippen LogP contribution in [0.2, 0.25) is 0 Å². The van der Waals surface area contributed by atoms with Gasteiger partial charge in [0.05, 0.1) is 5.69 Å². The van der Waals surface area contributed by atoms with Crippen LogP contribution < -0.4 is 5.11 Å². The smallest absolute Gasteiger partial charge is 0.0701 e. The average molecular weight is 310 g/mol. The van der Waals surface area contributed by atoms with Crippen LogP contribution in [0.1, 0.15) is 34.6 Å². The summed E-state index contributed by atoms with van der Waals surface area (Å²) < 4.78 is 0. The van der Waals surface area contributed by atoms with E-state index >= 15 is 0 Å². The molecule has 0 unspecified atom stereocenters. The van der Waals surface area contributed by atoms with Crippen LogP contribution in [0.25, 0.3) is 5.57 Å². The molecule has 0 spiro atoms. The molecular formula is C13H17NOPd-. The van der Waals surface area contributed by atoms with Crippen LogP contribution in [-0.4, -0.2) is 5.90 Å². The molecule has 1 aromatic rings. The van der Waals surface area contributed by atoms with Gasteiger partial charge in [0.2, 0.25) is 0 Å². The minimum Gasteiger partial charge on any atom is -0.858 e. The van der Waals surface area contributed by atoms with Gasteiger partial charge in [0.15, 0.2) is 0 Å². The van der Waals surface area contributed by atoms with E-state index in [1.165, 1.54) is 0 Å². The van der Waals surface area contributed by atoms with Gasteiger partial charge < -0.3 is 5.11 Å². The Hall–Kier alpha value is -0.908. The Labute approximate surface area is 113 Å². The minimum absolute atomic E-state index is 0. The molecule has 1 heterocycles. The van der Waals surface area contributed by atoms with Crippen molar-refractivity contribution in [2.75, 3.05) is 0 Å². The third-order valence-corrected chi connectivity index (χ3v) is 2.44. The van der Waals surface area contributed by atoms with Crippen molar-refractivity contribution in [2.24, 2.45) is 4.99 Å². The van der Waals surface area contributed by atoms with E-state index in [4.69, 9.17) is 0 Å². The molecule has 1 aromatic carbocycles. The first kappa shape index (κ1) is 13.2. The zero-order chi connectivity index (χ0) is 10.7. The van der Waals surface area contributed by atoms with E-state index in [1.807, 2.05) is 24.3 Å². The third-order valence-electron chi connectivity index (χ3n) is 2.44. The molecule has 0 bridgehead atoms. The van der Waals surface area contributed by atoms with Crippen LogP contribution in [0, 0.1) is 6.08 Å². The molecule has 1 radical (unpaired) electrons. The normalized spacial score (nSPS) is 15.6. The fourth-order valence-corrected chi connectivity index (χ4v) is 1.62. The van der Waals surface area contributed by atoms with Crippen molar-refractivity contribution in [3.05, 3.63) is 35.9 Å². The Morgan fingerprint density at radius 2 is 2.12 bits per heavy atom. The SMILES string of the molecule is CCCC[C]=C1C([O-])=Nc2ccccc21.[HH].[HH].[Pd]. The maximum Gasteiger partial charge on any atom is 0.0701 e. The predicted octanol–water partition coefficient (Wildman–Crippen LogP) is 2.96. The first-order valence-corrected chi connectivity index (χ1v) is 5.29. The maximum atomic E-state index is 11.6. The number of para-hydroxylation sites is 1. The average Bonchev–Trinajstić information content (AvgIpc) is 2.56. The quantitative estimate of drug-likeness (QED) is 0.624. The number of rotatable bonds is 3. The van der Waals surface area contributed by atoms with Crippen LogP contribution in [0.3, 0.4) is 0 Å². The summed E-state index contributed by atoms with van der Waals surface area (Å²) in [5.41, 5.74) is 2.36. The molecule has 0 N–H and O–H groups in total. The molecule has 0 fully saturated rings. The molecule has 0 atom stereocenters. The Balaban J connectivity index is 0. The number of allylic oxidation sites excluding steroid dienone is 1. The number of nitrogens with zero attached hydrogens (tertiary/aromatic N) is 1. The monoisotopic (exact) mass is 309 g/mol. The first-order chi connectivity index (χ1) is 7.33. The number of aliphatic imine (C=N–C) groups is 1. The van der Waals surface area contributed by atoms with E-state index in [0.717, 1.165) is 30.5 Å². The van der Waals surface area contributed by atoms with Gasteiger partial charge in [-0.05, 0) is 36.5 Å². The number of benzene rings is 1. The Bertz CT molecular complexity index is 433. The van der Waals surface area contributed by atoms with Crippen LogP contribution in [0.4, 0.5) is 5.69 Å².